The SMILES string of the molecule is Cc1nc(S[C@@H](C)C(=O)NC2CCCCC2)cc(-c2ccccc2)n1. The third kappa shape index (κ3) is 5.05. The van der Waals surface area contributed by atoms with Crippen molar-refractivity contribution < 1.29 is 4.79 Å². The molecule has 1 amide bonds. The van der Waals surface area contributed by atoms with Crippen LogP contribution in [0.4, 0.5) is 0 Å². The molecule has 1 N–H and O–H groups in total. The standard InChI is InChI=1S/C20H25N3OS/c1-14(20(24)23-17-11-7-4-8-12-17)25-19-13-18(21-15(2)22-19)16-9-5-3-6-10-16/h3,5-6,9-10,13-14,17H,4,7-8,11-12H2,1-2H3,(H,23,24)/t14-/m0/s1. The van der Waals surface area contributed by atoms with Crippen LogP contribution in [0.15, 0.2) is 41.4 Å². The highest BCUT2D eigenvalue weighted by molar-refractivity contribution is 8.00. The second-order valence-electron chi connectivity index (χ2n) is 6.61. The van der Waals surface area contributed by atoms with Crippen molar-refractivity contribution in [3.05, 3.63) is 42.2 Å². The predicted molar refractivity (Wildman–Crippen MR) is 103 cm³/mol. The number of aryl methyl sites for hydroxylation is 1. The van der Waals surface area contributed by atoms with Gasteiger partial charge in [0, 0.05) is 11.6 Å². The van der Waals surface area contributed by atoms with E-state index in [1.165, 1.54) is 31.0 Å². The van der Waals surface area contributed by atoms with E-state index in [9.17, 15) is 4.79 Å². The van der Waals surface area contributed by atoms with E-state index in [0.717, 1.165) is 34.9 Å². The molecule has 4 nitrogen and oxygen atoms in total. The molecule has 2 aromatic rings. The molecule has 1 heterocycles. The van der Waals surface area contributed by atoms with Gasteiger partial charge in [-0.1, -0.05) is 61.4 Å². The fourth-order valence-electron chi connectivity index (χ4n) is 3.16. The van der Waals surface area contributed by atoms with Crippen LogP contribution in [-0.2, 0) is 4.79 Å². The van der Waals surface area contributed by atoms with Crippen LogP contribution in [-0.4, -0.2) is 27.2 Å². The maximum atomic E-state index is 12.5. The Morgan fingerprint density at radius 1 is 1.16 bits per heavy atom. The van der Waals surface area contributed by atoms with Gasteiger partial charge in [-0.3, -0.25) is 4.79 Å². The van der Waals surface area contributed by atoms with Gasteiger partial charge in [-0.2, -0.15) is 0 Å². The summed E-state index contributed by atoms with van der Waals surface area (Å²) >= 11 is 1.50. The Hall–Kier alpha value is -1.88. The zero-order valence-corrected chi connectivity index (χ0v) is 15.7. The zero-order valence-electron chi connectivity index (χ0n) is 14.9. The minimum absolute atomic E-state index is 0.106. The first-order chi connectivity index (χ1) is 12.1. The van der Waals surface area contributed by atoms with Crippen LogP contribution in [0.1, 0.15) is 44.9 Å². The van der Waals surface area contributed by atoms with Crippen molar-refractivity contribution in [2.24, 2.45) is 0 Å². The van der Waals surface area contributed by atoms with Gasteiger partial charge in [0.1, 0.15) is 10.9 Å². The third-order valence-corrected chi connectivity index (χ3v) is 5.52. The molecule has 0 spiro atoms. The maximum Gasteiger partial charge on any atom is 0.233 e. The van der Waals surface area contributed by atoms with Crippen molar-refractivity contribution in [1.29, 1.82) is 0 Å². The number of hydrogen-bond acceptors (Lipinski definition) is 4. The Morgan fingerprint density at radius 2 is 1.88 bits per heavy atom. The largest absolute Gasteiger partial charge is 0.352 e. The van der Waals surface area contributed by atoms with Crippen LogP contribution in [0, 0.1) is 6.92 Å². The smallest absolute Gasteiger partial charge is 0.233 e. The first-order valence-electron chi connectivity index (χ1n) is 9.00. The number of carbonyl (C=O) groups excluding carboxylic acids is 1. The number of rotatable bonds is 5. The van der Waals surface area contributed by atoms with Gasteiger partial charge in [0.2, 0.25) is 5.91 Å². The summed E-state index contributed by atoms with van der Waals surface area (Å²) in [5.74, 6) is 0.832. The summed E-state index contributed by atoms with van der Waals surface area (Å²) in [6.45, 7) is 3.84. The zero-order chi connectivity index (χ0) is 17.6. The summed E-state index contributed by atoms with van der Waals surface area (Å²) in [6.07, 6.45) is 5.94. The van der Waals surface area contributed by atoms with E-state index >= 15 is 0 Å². The predicted octanol–water partition coefficient (Wildman–Crippen LogP) is 4.38. The molecule has 1 aromatic carbocycles. The number of benzene rings is 1. The van der Waals surface area contributed by atoms with Gasteiger partial charge in [0.15, 0.2) is 0 Å². The van der Waals surface area contributed by atoms with E-state index in [1.54, 1.807) is 0 Å². The fraction of sp³-hybridized carbons (Fsp3) is 0.450. The summed E-state index contributed by atoms with van der Waals surface area (Å²) in [5.41, 5.74) is 1.96. The van der Waals surface area contributed by atoms with E-state index in [-0.39, 0.29) is 11.2 Å². The molecular weight excluding hydrogens is 330 g/mol. The molecule has 1 fully saturated rings. The van der Waals surface area contributed by atoms with Crippen LogP contribution in [0.3, 0.4) is 0 Å². The number of thioether (sulfide) groups is 1. The first-order valence-corrected chi connectivity index (χ1v) is 9.88. The van der Waals surface area contributed by atoms with Crippen molar-refractivity contribution >= 4 is 17.7 Å². The second kappa shape index (κ2) is 8.48. The normalized spacial score (nSPS) is 16.4. The second-order valence-corrected chi connectivity index (χ2v) is 7.97. The summed E-state index contributed by atoms with van der Waals surface area (Å²) in [7, 11) is 0. The molecule has 1 aromatic heterocycles. The summed E-state index contributed by atoms with van der Waals surface area (Å²) in [5, 5.41) is 3.87. The van der Waals surface area contributed by atoms with E-state index in [0.29, 0.717) is 6.04 Å². The highest BCUT2D eigenvalue weighted by atomic mass is 32.2. The van der Waals surface area contributed by atoms with Crippen LogP contribution >= 0.6 is 11.8 Å². The highest BCUT2D eigenvalue weighted by Crippen LogP contribution is 2.26. The lowest BCUT2D eigenvalue weighted by Gasteiger charge is -2.24. The molecule has 3 rings (SSSR count). The lowest BCUT2D eigenvalue weighted by atomic mass is 9.95. The van der Waals surface area contributed by atoms with Crippen LogP contribution in [0.5, 0.6) is 0 Å². The molecule has 1 aliphatic rings. The Bertz CT molecular complexity index is 714. The topological polar surface area (TPSA) is 54.9 Å². The van der Waals surface area contributed by atoms with Crippen molar-refractivity contribution in [1.82, 2.24) is 15.3 Å². The summed E-state index contributed by atoms with van der Waals surface area (Å²) < 4.78 is 0. The van der Waals surface area contributed by atoms with E-state index < -0.39 is 0 Å². The first kappa shape index (κ1) is 17.9. The number of aromatic nitrogens is 2. The third-order valence-electron chi connectivity index (χ3n) is 4.50. The number of amides is 1. The quantitative estimate of drug-likeness (QED) is 0.639. The molecule has 0 aliphatic heterocycles. The molecule has 25 heavy (non-hydrogen) atoms. The van der Waals surface area contributed by atoms with Crippen molar-refractivity contribution in [3.8, 4) is 11.3 Å². The molecule has 1 atom stereocenters. The average molecular weight is 356 g/mol. The minimum Gasteiger partial charge on any atom is -0.352 e. The number of nitrogens with one attached hydrogen (secondary N) is 1. The molecule has 0 unspecified atom stereocenters. The number of nitrogens with zero attached hydrogens (tertiary/aromatic N) is 2. The molecule has 1 saturated carbocycles. The molecule has 0 radical (unpaired) electrons. The Labute approximate surface area is 153 Å². The number of hydrogen-bond donors (Lipinski definition) is 1. The lowest BCUT2D eigenvalue weighted by Crippen LogP contribution is -2.40. The van der Waals surface area contributed by atoms with Crippen LogP contribution in [0.2, 0.25) is 0 Å². The van der Waals surface area contributed by atoms with Gasteiger partial charge in [0.05, 0.1) is 10.9 Å². The minimum atomic E-state index is -0.167. The van der Waals surface area contributed by atoms with Crippen LogP contribution in [0.25, 0.3) is 11.3 Å². The van der Waals surface area contributed by atoms with Gasteiger partial charge in [0.25, 0.3) is 0 Å². The molecular formula is C20H25N3OS. The Kier molecular flexibility index (Phi) is 6.08. The van der Waals surface area contributed by atoms with Crippen molar-refractivity contribution in [2.75, 3.05) is 0 Å². The van der Waals surface area contributed by atoms with Crippen LogP contribution < -0.4 is 5.32 Å². The summed E-state index contributed by atoms with van der Waals surface area (Å²) in [6, 6.07) is 12.4. The van der Waals surface area contributed by atoms with E-state index in [4.69, 9.17) is 0 Å². The van der Waals surface area contributed by atoms with Crippen molar-refractivity contribution in [2.45, 2.75) is 62.3 Å². The number of carbonyl (C=O) groups is 1. The lowest BCUT2D eigenvalue weighted by molar-refractivity contribution is -0.121. The van der Waals surface area contributed by atoms with Gasteiger partial charge >= 0.3 is 0 Å². The van der Waals surface area contributed by atoms with Gasteiger partial charge in [-0.05, 0) is 32.8 Å². The van der Waals surface area contributed by atoms with Gasteiger partial charge < -0.3 is 5.32 Å². The van der Waals surface area contributed by atoms with Gasteiger partial charge in [-0.15, -0.1) is 0 Å². The van der Waals surface area contributed by atoms with Gasteiger partial charge in [-0.25, -0.2) is 9.97 Å². The monoisotopic (exact) mass is 355 g/mol. The molecule has 5 heteroatoms. The van der Waals surface area contributed by atoms with E-state index in [2.05, 4.69) is 15.3 Å². The molecule has 1 aliphatic carbocycles. The Morgan fingerprint density at radius 3 is 2.60 bits per heavy atom. The average Bonchev–Trinajstić information content (AvgIpc) is 2.63. The summed E-state index contributed by atoms with van der Waals surface area (Å²) in [4.78, 5) is 21.5. The molecule has 0 bridgehead atoms. The maximum absolute atomic E-state index is 12.5. The Balaban J connectivity index is 1.67. The molecule has 0 saturated heterocycles. The fourth-order valence-corrected chi connectivity index (χ4v) is 4.06. The van der Waals surface area contributed by atoms with E-state index in [1.807, 2.05) is 50.2 Å². The highest BCUT2D eigenvalue weighted by Gasteiger charge is 2.21. The van der Waals surface area contributed by atoms with Crippen molar-refractivity contribution in [3.63, 3.8) is 0 Å². The molecule has 132 valence electrons.